The molecule has 2 aromatic rings. The first kappa shape index (κ1) is 18.1. The Bertz CT molecular complexity index is 827. The Morgan fingerprint density at radius 2 is 1.93 bits per heavy atom. The highest BCUT2D eigenvalue weighted by molar-refractivity contribution is 6.01. The highest BCUT2D eigenvalue weighted by Gasteiger charge is 2.31. The molecular weight excluding hydrogens is 344 g/mol. The largest absolute Gasteiger partial charge is 0.460 e. The van der Waals surface area contributed by atoms with Crippen molar-refractivity contribution < 1.29 is 14.3 Å². The lowest BCUT2D eigenvalue weighted by atomic mass is 9.92. The number of methoxy groups -OCH3 is 1. The lowest BCUT2D eigenvalue weighted by Crippen LogP contribution is -2.54. The molecule has 1 saturated carbocycles. The normalized spacial score (nSPS) is 28.0. The third-order valence-corrected chi connectivity index (χ3v) is 5.42. The molecule has 144 valence electrons. The van der Waals surface area contributed by atoms with Gasteiger partial charge in [0.2, 0.25) is 0 Å². The van der Waals surface area contributed by atoms with Gasteiger partial charge < -0.3 is 19.7 Å². The van der Waals surface area contributed by atoms with Gasteiger partial charge >= 0.3 is 6.01 Å². The standard InChI is InChI=1S/C20H26N4O3/c1-12-9-24(10-13(2)22-12)18-5-4-14(11-25)19-17(18)8-21-20(23-19)27-16-6-15(7-16)26-3/h4-5,8,11-13,15-16,22H,6-7,9-10H2,1-3H3. The average Bonchev–Trinajstić information content (AvgIpc) is 2.62. The topological polar surface area (TPSA) is 76.6 Å². The molecular formula is C20H26N4O3. The maximum atomic E-state index is 11.6. The second kappa shape index (κ2) is 7.40. The Hall–Kier alpha value is -2.25. The minimum atomic E-state index is 0.0742. The van der Waals surface area contributed by atoms with Crippen LogP contribution in [0, 0.1) is 0 Å². The van der Waals surface area contributed by atoms with Crippen molar-refractivity contribution in [2.24, 2.45) is 0 Å². The molecule has 1 N–H and O–H groups in total. The van der Waals surface area contributed by atoms with E-state index in [1.165, 1.54) is 0 Å². The summed E-state index contributed by atoms with van der Waals surface area (Å²) in [6.45, 7) is 6.16. The van der Waals surface area contributed by atoms with Crippen molar-refractivity contribution in [3.05, 3.63) is 23.9 Å². The van der Waals surface area contributed by atoms with Crippen LogP contribution in [0.25, 0.3) is 10.9 Å². The highest BCUT2D eigenvalue weighted by atomic mass is 16.5. The molecule has 1 aliphatic heterocycles. The molecule has 2 unspecified atom stereocenters. The van der Waals surface area contributed by atoms with Crippen LogP contribution < -0.4 is 15.0 Å². The third kappa shape index (κ3) is 3.61. The summed E-state index contributed by atoms with van der Waals surface area (Å²) in [5, 5.41) is 4.43. The Balaban J connectivity index is 1.65. The molecule has 1 aromatic carbocycles. The monoisotopic (exact) mass is 370 g/mol. The first-order valence-corrected chi connectivity index (χ1v) is 9.52. The van der Waals surface area contributed by atoms with Crippen LogP contribution in [0.3, 0.4) is 0 Å². The fourth-order valence-electron chi connectivity index (χ4n) is 4.02. The number of anilines is 1. The molecule has 1 aromatic heterocycles. The van der Waals surface area contributed by atoms with Gasteiger partial charge in [0, 0.05) is 68.0 Å². The van der Waals surface area contributed by atoms with Crippen molar-refractivity contribution in [3.63, 3.8) is 0 Å². The van der Waals surface area contributed by atoms with Gasteiger partial charge in [-0.05, 0) is 26.0 Å². The maximum absolute atomic E-state index is 11.6. The number of ether oxygens (including phenoxy) is 2. The minimum absolute atomic E-state index is 0.0742. The molecule has 2 heterocycles. The smallest absolute Gasteiger partial charge is 0.317 e. The average molecular weight is 370 g/mol. The van der Waals surface area contributed by atoms with Crippen LogP contribution in [0.5, 0.6) is 6.01 Å². The summed E-state index contributed by atoms with van der Waals surface area (Å²) in [6.07, 6.45) is 4.64. The van der Waals surface area contributed by atoms with Gasteiger partial charge in [-0.25, -0.2) is 4.98 Å². The summed E-state index contributed by atoms with van der Waals surface area (Å²) in [5.74, 6) is 0. The number of carbonyl (C=O) groups is 1. The van der Waals surface area contributed by atoms with Crippen molar-refractivity contribution in [1.29, 1.82) is 0 Å². The summed E-state index contributed by atoms with van der Waals surface area (Å²) in [7, 11) is 1.71. The van der Waals surface area contributed by atoms with Crippen LogP contribution in [0.15, 0.2) is 18.3 Å². The predicted molar refractivity (Wildman–Crippen MR) is 104 cm³/mol. The molecule has 0 bridgehead atoms. The summed E-state index contributed by atoms with van der Waals surface area (Å²) < 4.78 is 11.2. The number of carbonyl (C=O) groups excluding carboxylic acids is 1. The van der Waals surface area contributed by atoms with Crippen LogP contribution >= 0.6 is 0 Å². The number of piperazine rings is 1. The molecule has 1 aliphatic carbocycles. The van der Waals surface area contributed by atoms with Crippen LogP contribution in [0.1, 0.15) is 37.0 Å². The van der Waals surface area contributed by atoms with Crippen molar-refractivity contribution in [1.82, 2.24) is 15.3 Å². The van der Waals surface area contributed by atoms with Gasteiger partial charge in [-0.1, -0.05) is 0 Å². The maximum Gasteiger partial charge on any atom is 0.317 e. The van der Waals surface area contributed by atoms with E-state index < -0.39 is 0 Å². The van der Waals surface area contributed by atoms with Crippen molar-refractivity contribution in [2.75, 3.05) is 25.1 Å². The summed E-state index contributed by atoms with van der Waals surface area (Å²) in [4.78, 5) is 22.9. The zero-order valence-electron chi connectivity index (χ0n) is 16.0. The SMILES string of the molecule is COC1CC(Oc2ncc3c(N4CC(C)NC(C)C4)ccc(C=O)c3n2)C1. The fourth-order valence-corrected chi connectivity index (χ4v) is 4.02. The van der Waals surface area contributed by atoms with E-state index in [-0.39, 0.29) is 12.2 Å². The molecule has 2 fully saturated rings. The van der Waals surface area contributed by atoms with Crippen LogP contribution in [0.4, 0.5) is 5.69 Å². The molecule has 2 atom stereocenters. The summed E-state index contributed by atoms with van der Waals surface area (Å²) >= 11 is 0. The Kier molecular flexibility index (Phi) is 4.97. The third-order valence-electron chi connectivity index (χ3n) is 5.42. The number of rotatable bonds is 5. The van der Waals surface area contributed by atoms with E-state index in [9.17, 15) is 4.79 Å². The Morgan fingerprint density at radius 3 is 2.59 bits per heavy atom. The summed E-state index contributed by atoms with van der Waals surface area (Å²) in [6, 6.07) is 4.94. The lowest BCUT2D eigenvalue weighted by Gasteiger charge is -2.38. The van der Waals surface area contributed by atoms with Gasteiger partial charge in [-0.2, -0.15) is 4.98 Å². The van der Waals surface area contributed by atoms with Gasteiger partial charge in [-0.3, -0.25) is 4.79 Å². The number of nitrogens with zero attached hydrogens (tertiary/aromatic N) is 3. The van der Waals surface area contributed by atoms with E-state index in [4.69, 9.17) is 9.47 Å². The molecule has 27 heavy (non-hydrogen) atoms. The number of aromatic nitrogens is 2. The van der Waals surface area contributed by atoms with E-state index >= 15 is 0 Å². The molecule has 0 radical (unpaired) electrons. The van der Waals surface area contributed by atoms with E-state index in [1.807, 2.05) is 12.1 Å². The first-order valence-electron chi connectivity index (χ1n) is 9.52. The van der Waals surface area contributed by atoms with Gasteiger partial charge in [0.1, 0.15) is 6.10 Å². The van der Waals surface area contributed by atoms with Crippen molar-refractivity contribution in [3.8, 4) is 6.01 Å². The molecule has 0 spiro atoms. The molecule has 1 saturated heterocycles. The number of hydrogen-bond donors (Lipinski definition) is 1. The van der Waals surface area contributed by atoms with Gasteiger partial charge in [0.15, 0.2) is 6.29 Å². The number of hydrogen-bond acceptors (Lipinski definition) is 7. The molecule has 2 aliphatic rings. The first-order chi connectivity index (χ1) is 13.1. The van der Waals surface area contributed by atoms with Crippen LogP contribution in [-0.4, -0.2) is 60.7 Å². The van der Waals surface area contributed by atoms with Crippen molar-refractivity contribution >= 4 is 22.9 Å². The van der Waals surface area contributed by atoms with E-state index in [0.717, 1.165) is 43.3 Å². The minimum Gasteiger partial charge on any atom is -0.460 e. The lowest BCUT2D eigenvalue weighted by molar-refractivity contribution is -0.0412. The van der Waals surface area contributed by atoms with E-state index in [0.29, 0.717) is 29.2 Å². The van der Waals surface area contributed by atoms with Crippen molar-refractivity contribution in [2.45, 2.75) is 51.0 Å². The van der Waals surface area contributed by atoms with Gasteiger partial charge in [0.25, 0.3) is 0 Å². The number of fused-ring (bicyclic) bond motifs is 1. The van der Waals surface area contributed by atoms with E-state index in [1.54, 1.807) is 13.3 Å². The van der Waals surface area contributed by atoms with Crippen LogP contribution in [-0.2, 0) is 4.74 Å². The predicted octanol–water partition coefficient (Wildman–Crippen LogP) is 2.19. The molecule has 4 rings (SSSR count). The molecule has 7 heteroatoms. The van der Waals surface area contributed by atoms with Gasteiger partial charge in [-0.15, -0.1) is 0 Å². The number of benzene rings is 1. The summed E-state index contributed by atoms with van der Waals surface area (Å²) in [5.41, 5.74) is 2.26. The number of aldehydes is 1. The Labute approximate surface area is 159 Å². The Morgan fingerprint density at radius 1 is 1.19 bits per heavy atom. The van der Waals surface area contributed by atoms with Crippen LogP contribution in [0.2, 0.25) is 0 Å². The second-order valence-electron chi connectivity index (χ2n) is 7.65. The zero-order chi connectivity index (χ0) is 19.0. The highest BCUT2D eigenvalue weighted by Crippen LogP contribution is 2.31. The molecule has 7 nitrogen and oxygen atoms in total. The second-order valence-corrected chi connectivity index (χ2v) is 7.65. The van der Waals surface area contributed by atoms with E-state index in [2.05, 4.69) is 34.0 Å². The quantitative estimate of drug-likeness (QED) is 0.809. The number of nitrogens with one attached hydrogen (secondary N) is 1. The van der Waals surface area contributed by atoms with Gasteiger partial charge in [0.05, 0.1) is 11.6 Å². The molecule has 0 amide bonds. The zero-order valence-corrected chi connectivity index (χ0v) is 16.0. The fraction of sp³-hybridized carbons (Fsp3) is 0.550.